The molecule has 4 heterocycles. The first-order chi connectivity index (χ1) is 22.8. The van der Waals surface area contributed by atoms with Gasteiger partial charge in [-0.1, -0.05) is 91.0 Å². The molecule has 0 bridgehead atoms. The van der Waals surface area contributed by atoms with Crippen LogP contribution in [0.4, 0.5) is 0 Å². The summed E-state index contributed by atoms with van der Waals surface area (Å²) in [5, 5.41) is 10.5. The van der Waals surface area contributed by atoms with E-state index in [-0.39, 0.29) is 0 Å². The zero-order valence-electron chi connectivity index (χ0n) is 24.6. The molecule has 0 aliphatic heterocycles. The molecule has 11 aromatic rings. The Labute approximate surface area is 271 Å². The lowest BCUT2D eigenvalue weighted by Crippen LogP contribution is -1.95. The summed E-state index contributed by atoms with van der Waals surface area (Å²) in [5.41, 5.74) is 7.39. The summed E-state index contributed by atoms with van der Waals surface area (Å²) in [6, 6.07) is 53.6. The van der Waals surface area contributed by atoms with Crippen LogP contribution in [0.15, 0.2) is 146 Å². The van der Waals surface area contributed by atoms with Crippen molar-refractivity contribution in [1.82, 2.24) is 9.13 Å². The highest BCUT2D eigenvalue weighted by molar-refractivity contribution is 7.27. The lowest BCUT2D eigenvalue weighted by atomic mass is 10.0. The van der Waals surface area contributed by atoms with E-state index in [0.717, 1.165) is 0 Å². The van der Waals surface area contributed by atoms with Gasteiger partial charge in [-0.2, -0.15) is 0 Å². The van der Waals surface area contributed by atoms with Gasteiger partial charge in [0.15, 0.2) is 0 Å². The molecule has 4 heteroatoms. The predicted octanol–water partition coefficient (Wildman–Crippen LogP) is 12.6. The zero-order chi connectivity index (χ0) is 29.9. The first-order valence-electron chi connectivity index (χ1n) is 15.6. The second kappa shape index (κ2) is 9.07. The summed E-state index contributed by atoms with van der Waals surface area (Å²) >= 11 is 3.80. The third-order valence-electron chi connectivity index (χ3n) is 9.68. The molecule has 214 valence electrons. The number of rotatable bonds is 2. The smallest absolute Gasteiger partial charge is 0.0741 e. The molecule has 0 aliphatic rings. The summed E-state index contributed by atoms with van der Waals surface area (Å²) < 4.78 is 10.4. The molecule has 0 atom stereocenters. The van der Waals surface area contributed by atoms with Gasteiger partial charge in [-0.15, -0.1) is 22.7 Å². The Morgan fingerprint density at radius 1 is 0.348 bits per heavy atom. The van der Waals surface area contributed by atoms with Gasteiger partial charge in [-0.25, -0.2) is 0 Å². The quantitative estimate of drug-likeness (QED) is 0.182. The van der Waals surface area contributed by atoms with Crippen molar-refractivity contribution in [3.63, 3.8) is 0 Å². The highest BCUT2D eigenvalue weighted by Crippen LogP contribution is 2.51. The fourth-order valence-corrected chi connectivity index (χ4v) is 10.2. The Morgan fingerprint density at radius 2 is 0.913 bits per heavy atom. The minimum Gasteiger partial charge on any atom is -0.309 e. The van der Waals surface area contributed by atoms with Crippen LogP contribution >= 0.6 is 22.7 Å². The minimum absolute atomic E-state index is 1.18. The highest BCUT2D eigenvalue weighted by atomic mass is 32.1. The number of para-hydroxylation sites is 3. The van der Waals surface area contributed by atoms with Crippen LogP contribution in [-0.4, -0.2) is 9.13 Å². The van der Waals surface area contributed by atoms with Gasteiger partial charge in [0.2, 0.25) is 0 Å². The van der Waals surface area contributed by atoms with Crippen molar-refractivity contribution in [2.45, 2.75) is 0 Å². The molecule has 0 N–H and O–H groups in total. The maximum absolute atomic E-state index is 2.54. The summed E-state index contributed by atoms with van der Waals surface area (Å²) in [7, 11) is 0. The van der Waals surface area contributed by atoms with E-state index in [4.69, 9.17) is 0 Å². The van der Waals surface area contributed by atoms with Gasteiger partial charge in [-0.3, -0.25) is 0 Å². The first kappa shape index (κ1) is 24.8. The number of thiophene rings is 2. The molecule has 0 aliphatic carbocycles. The molecule has 0 radical (unpaired) electrons. The van der Waals surface area contributed by atoms with E-state index in [1.54, 1.807) is 0 Å². The molecular formula is C42H24N2S2. The second-order valence-corrected chi connectivity index (χ2v) is 14.2. The van der Waals surface area contributed by atoms with Crippen LogP contribution in [0.25, 0.3) is 95.3 Å². The van der Waals surface area contributed by atoms with Gasteiger partial charge in [0, 0.05) is 68.6 Å². The average Bonchev–Trinajstić information content (AvgIpc) is 3.86. The van der Waals surface area contributed by atoms with Crippen molar-refractivity contribution >= 4 is 107 Å². The van der Waals surface area contributed by atoms with Crippen LogP contribution in [0, 0.1) is 0 Å². The number of hydrogen-bond acceptors (Lipinski definition) is 2. The van der Waals surface area contributed by atoms with Crippen LogP contribution in [0.1, 0.15) is 0 Å². The van der Waals surface area contributed by atoms with Gasteiger partial charge in [0.05, 0.1) is 26.8 Å². The third kappa shape index (κ3) is 3.15. The van der Waals surface area contributed by atoms with Crippen molar-refractivity contribution < 1.29 is 0 Å². The lowest BCUT2D eigenvalue weighted by Gasteiger charge is -2.12. The predicted molar refractivity (Wildman–Crippen MR) is 201 cm³/mol. The van der Waals surface area contributed by atoms with Crippen molar-refractivity contribution in [2.75, 3.05) is 0 Å². The van der Waals surface area contributed by atoms with E-state index in [1.807, 2.05) is 22.7 Å². The third-order valence-corrected chi connectivity index (χ3v) is 12.0. The summed E-state index contributed by atoms with van der Waals surface area (Å²) in [5.74, 6) is 0. The average molecular weight is 621 g/mol. The van der Waals surface area contributed by atoms with Crippen molar-refractivity contribution in [3.05, 3.63) is 146 Å². The number of fused-ring (bicyclic) bond motifs is 15. The van der Waals surface area contributed by atoms with E-state index < -0.39 is 0 Å². The second-order valence-electron chi connectivity index (χ2n) is 12.1. The largest absolute Gasteiger partial charge is 0.309 e. The number of hydrogen-bond donors (Lipinski definition) is 0. The Hall–Kier alpha value is -5.42. The van der Waals surface area contributed by atoms with E-state index >= 15 is 0 Å². The zero-order valence-corrected chi connectivity index (χ0v) is 26.2. The molecule has 11 rings (SSSR count). The van der Waals surface area contributed by atoms with E-state index in [0.29, 0.717) is 0 Å². The van der Waals surface area contributed by atoms with E-state index in [9.17, 15) is 0 Å². The molecular weight excluding hydrogens is 597 g/mol. The van der Waals surface area contributed by atoms with E-state index in [2.05, 4.69) is 155 Å². The molecule has 46 heavy (non-hydrogen) atoms. The molecule has 4 aromatic heterocycles. The van der Waals surface area contributed by atoms with Gasteiger partial charge in [-0.05, 0) is 54.6 Å². The van der Waals surface area contributed by atoms with Crippen molar-refractivity contribution in [1.29, 1.82) is 0 Å². The SMILES string of the molecule is c1ccc(-n2c3ccccc3c3c4c5ccccc5sc4c4c(c5ccccc5n4-c4ccc5sc6ccccc6c5c4)c32)cc1. The Bertz CT molecular complexity index is 3020. The first-order valence-corrected chi connectivity index (χ1v) is 17.2. The van der Waals surface area contributed by atoms with Crippen molar-refractivity contribution in [3.8, 4) is 11.4 Å². The van der Waals surface area contributed by atoms with Crippen molar-refractivity contribution in [2.24, 2.45) is 0 Å². The van der Waals surface area contributed by atoms with Gasteiger partial charge in [0.25, 0.3) is 0 Å². The maximum Gasteiger partial charge on any atom is 0.0741 e. The topological polar surface area (TPSA) is 9.86 Å². The normalized spacial score (nSPS) is 12.3. The Balaban J connectivity index is 1.45. The fraction of sp³-hybridized carbons (Fsp3) is 0. The molecule has 7 aromatic carbocycles. The lowest BCUT2D eigenvalue weighted by molar-refractivity contribution is 1.18. The highest BCUT2D eigenvalue weighted by Gasteiger charge is 2.26. The summed E-state index contributed by atoms with van der Waals surface area (Å²) in [4.78, 5) is 0. The van der Waals surface area contributed by atoms with Gasteiger partial charge < -0.3 is 9.13 Å². The monoisotopic (exact) mass is 620 g/mol. The standard InChI is InChI=1S/C42H24N2S2/c1-2-12-25(13-3-1)43-32-18-8-4-15-28(32)37-38-30-17-7-11-21-35(30)46-42(38)41-39(40(37)43)29-16-5-9-19-33(29)44(41)26-22-23-36-31(24-26)27-14-6-10-20-34(27)45-36/h1-24H. The number of nitrogens with zero attached hydrogens (tertiary/aromatic N) is 2. The molecule has 0 spiro atoms. The number of aromatic nitrogens is 2. The van der Waals surface area contributed by atoms with Gasteiger partial charge in [0.1, 0.15) is 0 Å². The van der Waals surface area contributed by atoms with Crippen LogP contribution in [0.5, 0.6) is 0 Å². The molecule has 0 unspecified atom stereocenters. The molecule has 0 amide bonds. The molecule has 0 fully saturated rings. The molecule has 0 saturated carbocycles. The van der Waals surface area contributed by atoms with Crippen LogP contribution in [0.3, 0.4) is 0 Å². The van der Waals surface area contributed by atoms with Crippen LogP contribution in [-0.2, 0) is 0 Å². The number of benzene rings is 7. The van der Waals surface area contributed by atoms with Gasteiger partial charge >= 0.3 is 0 Å². The summed E-state index contributed by atoms with van der Waals surface area (Å²) in [6.07, 6.45) is 0. The molecule has 0 saturated heterocycles. The van der Waals surface area contributed by atoms with Crippen LogP contribution < -0.4 is 0 Å². The Morgan fingerprint density at radius 3 is 1.67 bits per heavy atom. The minimum atomic E-state index is 1.18. The van der Waals surface area contributed by atoms with Crippen LogP contribution in [0.2, 0.25) is 0 Å². The summed E-state index contributed by atoms with van der Waals surface area (Å²) in [6.45, 7) is 0. The maximum atomic E-state index is 2.54. The molecule has 2 nitrogen and oxygen atoms in total. The fourth-order valence-electron chi connectivity index (χ4n) is 7.85. The Kier molecular flexibility index (Phi) is 4.90. The van der Waals surface area contributed by atoms with E-state index in [1.165, 1.54) is 95.3 Å².